The van der Waals surface area contributed by atoms with Crippen LogP contribution in [-0.2, 0) is 32.6 Å². The molecular formula is C26H28BrFN2O5S. The number of ether oxygens (including phenoxy) is 1. The van der Waals surface area contributed by atoms with E-state index in [1.165, 1.54) is 33.5 Å². The summed E-state index contributed by atoms with van der Waals surface area (Å²) in [5, 5.41) is 0. The van der Waals surface area contributed by atoms with E-state index in [1.54, 1.807) is 36.4 Å². The van der Waals surface area contributed by atoms with Gasteiger partial charge in [0.25, 0.3) is 0 Å². The van der Waals surface area contributed by atoms with Gasteiger partial charge in [0.1, 0.15) is 17.3 Å². The molecule has 1 aliphatic heterocycles. The lowest BCUT2D eigenvalue weighted by Crippen LogP contribution is -2.45. The number of rotatable bonds is 10. The van der Waals surface area contributed by atoms with Gasteiger partial charge in [0.15, 0.2) is 0 Å². The molecule has 0 saturated carbocycles. The Labute approximate surface area is 219 Å². The van der Waals surface area contributed by atoms with Crippen molar-refractivity contribution in [2.75, 3.05) is 19.7 Å². The summed E-state index contributed by atoms with van der Waals surface area (Å²) in [5.74, 6) is 0.509. The van der Waals surface area contributed by atoms with Crippen LogP contribution in [0.5, 0.6) is 0 Å². The van der Waals surface area contributed by atoms with Gasteiger partial charge in [-0.2, -0.15) is 4.31 Å². The zero-order valence-corrected chi connectivity index (χ0v) is 22.3. The maximum Gasteiger partial charge on any atom is 0.243 e. The van der Waals surface area contributed by atoms with Crippen molar-refractivity contribution < 1.29 is 26.8 Å². The highest BCUT2D eigenvalue weighted by Crippen LogP contribution is 2.23. The fourth-order valence-electron chi connectivity index (χ4n) is 4.07. The van der Waals surface area contributed by atoms with E-state index in [0.717, 1.165) is 22.9 Å². The number of hydrogen-bond donors (Lipinski definition) is 0. The third-order valence-electron chi connectivity index (χ3n) is 5.98. The second kappa shape index (κ2) is 11.7. The van der Waals surface area contributed by atoms with Crippen molar-refractivity contribution in [1.82, 2.24) is 9.21 Å². The Kier molecular flexibility index (Phi) is 8.61. The Bertz CT molecular complexity index is 1270. The highest BCUT2D eigenvalue weighted by Gasteiger charge is 2.32. The van der Waals surface area contributed by atoms with Gasteiger partial charge in [0, 0.05) is 24.2 Å². The molecule has 1 saturated heterocycles. The monoisotopic (exact) mass is 578 g/mol. The maximum absolute atomic E-state index is 13.6. The lowest BCUT2D eigenvalue weighted by molar-refractivity contribution is -0.133. The van der Waals surface area contributed by atoms with Gasteiger partial charge >= 0.3 is 0 Å². The van der Waals surface area contributed by atoms with Crippen molar-refractivity contribution in [2.45, 2.75) is 43.9 Å². The van der Waals surface area contributed by atoms with Crippen molar-refractivity contribution in [2.24, 2.45) is 0 Å². The molecule has 1 aliphatic rings. The van der Waals surface area contributed by atoms with Crippen molar-refractivity contribution in [1.29, 1.82) is 0 Å². The van der Waals surface area contributed by atoms with E-state index < -0.39 is 15.9 Å². The Hall–Kier alpha value is -2.53. The van der Waals surface area contributed by atoms with Crippen LogP contribution in [0.2, 0.25) is 0 Å². The molecule has 10 heteroatoms. The Balaban J connectivity index is 1.60. The van der Waals surface area contributed by atoms with E-state index in [9.17, 15) is 17.6 Å². The summed E-state index contributed by atoms with van der Waals surface area (Å²) >= 11 is 3.33. The van der Waals surface area contributed by atoms with Gasteiger partial charge in [-0.05, 0) is 73.9 Å². The molecule has 0 unspecified atom stereocenters. The number of halogens is 2. The van der Waals surface area contributed by atoms with E-state index in [4.69, 9.17) is 9.15 Å². The van der Waals surface area contributed by atoms with E-state index >= 15 is 0 Å². The molecule has 1 fully saturated rings. The normalized spacial score (nSPS) is 15.9. The molecule has 0 bridgehead atoms. The zero-order chi connectivity index (χ0) is 25.7. The highest BCUT2D eigenvalue weighted by atomic mass is 79.9. The average molecular weight is 579 g/mol. The van der Waals surface area contributed by atoms with Crippen LogP contribution in [0.15, 0.2) is 74.4 Å². The van der Waals surface area contributed by atoms with Gasteiger partial charge in [-0.15, -0.1) is 0 Å². The standard InChI is InChI=1S/C26H28BrFN2O5S/c1-19-4-11-24(35-19)16-29(15-20-5-9-22(28)10-6-20)26(31)18-30(17-23-3-2-14-34-23)36(32,33)25-12-7-21(27)8-13-25/h4-13,23H,2-3,14-18H2,1H3/t23-/m1/s1. The van der Waals surface area contributed by atoms with Gasteiger partial charge < -0.3 is 14.1 Å². The third-order valence-corrected chi connectivity index (χ3v) is 8.33. The largest absolute Gasteiger partial charge is 0.464 e. The number of nitrogens with zero attached hydrogens (tertiary/aromatic N) is 2. The fourth-order valence-corrected chi connectivity index (χ4v) is 5.76. The number of amides is 1. The van der Waals surface area contributed by atoms with Crippen LogP contribution in [0.1, 0.15) is 29.9 Å². The molecule has 1 aromatic heterocycles. The second-order valence-electron chi connectivity index (χ2n) is 8.78. The van der Waals surface area contributed by atoms with E-state index in [1.807, 2.05) is 6.92 Å². The number of carbonyl (C=O) groups is 1. The van der Waals surface area contributed by atoms with E-state index in [2.05, 4.69) is 15.9 Å². The summed E-state index contributed by atoms with van der Waals surface area (Å²) in [6.07, 6.45) is 1.30. The van der Waals surface area contributed by atoms with Gasteiger partial charge in [0.05, 0.1) is 24.1 Å². The number of hydrogen-bond acceptors (Lipinski definition) is 5. The number of carbonyl (C=O) groups excluding carboxylic acids is 1. The molecule has 1 amide bonds. The van der Waals surface area contributed by atoms with Crippen molar-refractivity contribution in [3.05, 3.63) is 88.0 Å². The van der Waals surface area contributed by atoms with E-state index in [-0.39, 0.29) is 43.0 Å². The first-order chi connectivity index (χ1) is 17.2. The average Bonchev–Trinajstić information content (AvgIpc) is 3.51. The number of sulfonamides is 1. The lowest BCUT2D eigenvalue weighted by atomic mass is 10.2. The van der Waals surface area contributed by atoms with Crippen molar-refractivity contribution >= 4 is 31.9 Å². The van der Waals surface area contributed by atoms with Gasteiger partial charge in [0.2, 0.25) is 15.9 Å². The molecule has 4 rings (SSSR count). The first-order valence-corrected chi connectivity index (χ1v) is 13.9. The first kappa shape index (κ1) is 26.5. The number of aryl methyl sites for hydroxylation is 1. The number of furan rings is 1. The number of benzene rings is 2. The van der Waals surface area contributed by atoms with Crippen molar-refractivity contribution in [3.63, 3.8) is 0 Å². The van der Waals surface area contributed by atoms with Crippen LogP contribution >= 0.6 is 15.9 Å². The Morgan fingerprint density at radius 1 is 1.06 bits per heavy atom. The summed E-state index contributed by atoms with van der Waals surface area (Å²) in [5.41, 5.74) is 0.717. The van der Waals surface area contributed by atoms with Crippen LogP contribution in [0.3, 0.4) is 0 Å². The summed E-state index contributed by atoms with van der Waals surface area (Å²) in [4.78, 5) is 15.2. The summed E-state index contributed by atoms with van der Waals surface area (Å²) < 4.78 is 53.9. The smallest absolute Gasteiger partial charge is 0.243 e. The molecule has 2 heterocycles. The van der Waals surface area contributed by atoms with Crippen LogP contribution in [0.4, 0.5) is 4.39 Å². The van der Waals surface area contributed by atoms with Gasteiger partial charge in [-0.1, -0.05) is 28.1 Å². The molecule has 0 N–H and O–H groups in total. The molecule has 7 nitrogen and oxygen atoms in total. The molecule has 2 aromatic carbocycles. The minimum atomic E-state index is -3.97. The van der Waals surface area contributed by atoms with Gasteiger partial charge in [-0.3, -0.25) is 4.79 Å². The Morgan fingerprint density at radius 2 is 1.78 bits per heavy atom. The quantitative estimate of drug-likeness (QED) is 0.342. The van der Waals surface area contributed by atoms with Crippen LogP contribution in [0.25, 0.3) is 0 Å². The molecule has 0 spiro atoms. The lowest BCUT2D eigenvalue weighted by Gasteiger charge is -2.28. The third kappa shape index (κ3) is 6.82. The maximum atomic E-state index is 13.6. The first-order valence-electron chi connectivity index (χ1n) is 11.7. The fraction of sp³-hybridized carbons (Fsp3) is 0.346. The van der Waals surface area contributed by atoms with E-state index in [0.29, 0.717) is 18.1 Å². The predicted octanol–water partition coefficient (Wildman–Crippen LogP) is 4.89. The molecule has 0 radical (unpaired) electrons. The summed E-state index contributed by atoms with van der Waals surface area (Å²) in [6.45, 7) is 2.41. The molecule has 3 aromatic rings. The molecule has 0 aliphatic carbocycles. The predicted molar refractivity (Wildman–Crippen MR) is 136 cm³/mol. The minimum Gasteiger partial charge on any atom is -0.464 e. The SMILES string of the molecule is Cc1ccc(CN(Cc2ccc(F)cc2)C(=O)CN(C[C@H]2CCCO2)S(=O)(=O)c2ccc(Br)cc2)o1. The zero-order valence-electron chi connectivity index (χ0n) is 19.9. The minimum absolute atomic E-state index is 0.0778. The van der Waals surface area contributed by atoms with Gasteiger partial charge in [-0.25, -0.2) is 12.8 Å². The molecule has 1 atom stereocenters. The summed E-state index contributed by atoms with van der Waals surface area (Å²) in [6, 6.07) is 15.8. The molecular weight excluding hydrogens is 551 g/mol. The molecule has 36 heavy (non-hydrogen) atoms. The van der Waals surface area contributed by atoms with Crippen molar-refractivity contribution in [3.8, 4) is 0 Å². The van der Waals surface area contributed by atoms with Crippen LogP contribution < -0.4 is 0 Å². The van der Waals surface area contributed by atoms with Crippen LogP contribution in [-0.4, -0.2) is 49.3 Å². The highest BCUT2D eigenvalue weighted by molar-refractivity contribution is 9.10. The van der Waals surface area contributed by atoms with Crippen LogP contribution in [0, 0.1) is 12.7 Å². The summed E-state index contributed by atoms with van der Waals surface area (Å²) in [7, 11) is -3.97. The Morgan fingerprint density at radius 3 is 2.39 bits per heavy atom. The second-order valence-corrected chi connectivity index (χ2v) is 11.6. The molecule has 192 valence electrons. The topological polar surface area (TPSA) is 80.1 Å².